The summed E-state index contributed by atoms with van der Waals surface area (Å²) in [5.74, 6) is 1.91. The van der Waals surface area contributed by atoms with Gasteiger partial charge in [0, 0.05) is 23.6 Å². The third-order valence-corrected chi connectivity index (χ3v) is 16.6. The maximum absolute atomic E-state index is 11.3. The molecule has 0 aromatic heterocycles. The Bertz CT molecular complexity index is 1140. The molecule has 5 rings (SSSR count). The Kier molecular flexibility index (Phi) is 9.48. The highest BCUT2D eigenvalue weighted by atomic mass is 35.5. The molecule has 5 fully saturated rings. The molecule has 5 aliphatic carbocycles. The second-order valence-electron chi connectivity index (χ2n) is 17.7. The Morgan fingerprint density at radius 1 is 0.795 bits per heavy atom. The van der Waals surface area contributed by atoms with Gasteiger partial charge in [0.2, 0.25) is 0 Å². The lowest BCUT2D eigenvalue weighted by Crippen LogP contribution is -2.66. The van der Waals surface area contributed by atoms with Gasteiger partial charge >= 0.3 is 11.9 Å². The van der Waals surface area contributed by atoms with Crippen molar-refractivity contribution >= 4 is 35.1 Å². The normalized spacial score (nSPS) is 45.6. The van der Waals surface area contributed by atoms with Crippen LogP contribution in [0.15, 0.2) is 12.2 Å². The first-order valence-electron chi connectivity index (χ1n) is 17.8. The minimum atomic E-state index is -0.749. The van der Waals surface area contributed by atoms with Crippen molar-refractivity contribution in [3.8, 4) is 0 Å². The monoisotopic (exact) mass is 650 g/mol. The highest BCUT2D eigenvalue weighted by Gasteiger charge is 2.71. The van der Waals surface area contributed by atoms with Crippen LogP contribution in [0.2, 0.25) is 0 Å². The molecule has 0 radical (unpaired) electrons. The molecule has 4 nitrogen and oxygen atoms in total. The molecule has 12 atom stereocenters. The van der Waals surface area contributed by atoms with Crippen molar-refractivity contribution in [2.45, 2.75) is 149 Å². The minimum absolute atomic E-state index is 0.0817. The van der Waals surface area contributed by atoms with E-state index in [-0.39, 0.29) is 50.7 Å². The standard InChI is InChI=1S/C38H60Cl2O4/c1-23(2)25-14-19-38(22-24(39)8-12-31(41)42)21-20-36(6)27(33(25)38)9-11-30-35(5)17-15-26(28(40)10-13-32(43)44)34(3,4)29(35)16-18-37(30,36)7/h24-30,33H,1,8-22H2,2-7H3,(H,41,42)(H,43,44)/t24?,25-,26?,27+,28?,29-,30+,33+,35-,36+,37+,38+/m0/s1. The summed E-state index contributed by atoms with van der Waals surface area (Å²) in [6, 6.07) is 0. The number of rotatable bonds is 10. The third kappa shape index (κ3) is 5.40. The first-order valence-corrected chi connectivity index (χ1v) is 18.7. The van der Waals surface area contributed by atoms with E-state index < -0.39 is 11.9 Å². The van der Waals surface area contributed by atoms with Gasteiger partial charge in [-0.25, -0.2) is 0 Å². The summed E-state index contributed by atoms with van der Waals surface area (Å²) in [4.78, 5) is 22.7. The van der Waals surface area contributed by atoms with Crippen LogP contribution in [0.5, 0.6) is 0 Å². The van der Waals surface area contributed by atoms with Crippen LogP contribution >= 0.6 is 23.2 Å². The zero-order chi connectivity index (χ0) is 32.5. The van der Waals surface area contributed by atoms with Crippen molar-refractivity contribution in [3.63, 3.8) is 0 Å². The summed E-state index contributed by atoms with van der Waals surface area (Å²) in [5, 5.41) is 18.5. The van der Waals surface area contributed by atoms with Crippen LogP contribution in [0.4, 0.5) is 0 Å². The highest BCUT2D eigenvalue weighted by Crippen LogP contribution is 2.78. The molecule has 0 heterocycles. The second-order valence-corrected chi connectivity index (χ2v) is 18.9. The smallest absolute Gasteiger partial charge is 0.303 e. The van der Waals surface area contributed by atoms with Gasteiger partial charge in [0.25, 0.3) is 0 Å². The Morgan fingerprint density at radius 2 is 1.45 bits per heavy atom. The second kappa shape index (κ2) is 12.1. The van der Waals surface area contributed by atoms with Crippen LogP contribution in [-0.4, -0.2) is 32.9 Å². The van der Waals surface area contributed by atoms with E-state index in [0.717, 1.165) is 12.8 Å². The van der Waals surface area contributed by atoms with Crippen molar-refractivity contribution in [1.82, 2.24) is 0 Å². The maximum atomic E-state index is 11.3. The van der Waals surface area contributed by atoms with Crippen LogP contribution in [0.25, 0.3) is 0 Å². The van der Waals surface area contributed by atoms with E-state index in [0.29, 0.717) is 48.3 Å². The number of carbonyl (C=O) groups is 2. The van der Waals surface area contributed by atoms with Gasteiger partial charge in [0.15, 0.2) is 0 Å². The molecule has 0 aromatic rings. The summed E-state index contributed by atoms with van der Waals surface area (Å²) in [5.41, 5.74) is 2.41. The van der Waals surface area contributed by atoms with Crippen molar-refractivity contribution < 1.29 is 19.8 Å². The molecule has 250 valence electrons. The number of aliphatic carboxylic acids is 2. The van der Waals surface area contributed by atoms with Gasteiger partial charge in [-0.1, -0.05) is 46.8 Å². The van der Waals surface area contributed by atoms with E-state index in [1.165, 1.54) is 63.4 Å². The summed E-state index contributed by atoms with van der Waals surface area (Å²) in [6.45, 7) is 19.6. The molecule has 5 saturated carbocycles. The fourth-order valence-corrected chi connectivity index (χ4v) is 14.6. The van der Waals surface area contributed by atoms with E-state index in [1.807, 2.05) is 0 Å². The number of alkyl halides is 2. The number of hydrogen-bond donors (Lipinski definition) is 2. The Labute approximate surface area is 277 Å². The molecule has 6 heteroatoms. The lowest BCUT2D eigenvalue weighted by atomic mass is 9.31. The molecule has 0 spiro atoms. The first-order chi connectivity index (χ1) is 20.4. The SMILES string of the molecule is C=C(C)[C@@H]1CC[C@]2(CC(Cl)CCC(=O)O)CC[C@]3(C)[C@H](CC[C@@H]4[C@@]5(C)CCC(C(Cl)CCC(=O)O)C(C)(C)[C@@H]5CC[C@]43C)[C@@H]12. The van der Waals surface area contributed by atoms with Gasteiger partial charge in [-0.15, -0.1) is 23.2 Å². The summed E-state index contributed by atoms with van der Waals surface area (Å²) < 4.78 is 0. The lowest BCUT2D eigenvalue weighted by Gasteiger charge is -2.73. The average Bonchev–Trinajstić information content (AvgIpc) is 3.30. The van der Waals surface area contributed by atoms with Gasteiger partial charge in [0.05, 0.1) is 0 Å². The molecule has 0 bridgehead atoms. The third-order valence-electron chi connectivity index (χ3n) is 15.7. The molecule has 0 saturated heterocycles. The molecule has 3 unspecified atom stereocenters. The summed E-state index contributed by atoms with van der Waals surface area (Å²) in [7, 11) is 0. The number of carboxylic acid groups (broad SMARTS) is 2. The molecule has 0 aromatic carbocycles. The summed E-state index contributed by atoms with van der Waals surface area (Å²) in [6.07, 6.45) is 14.6. The van der Waals surface area contributed by atoms with E-state index in [1.54, 1.807) is 0 Å². The predicted molar refractivity (Wildman–Crippen MR) is 180 cm³/mol. The first kappa shape index (κ1) is 34.6. The molecule has 44 heavy (non-hydrogen) atoms. The van der Waals surface area contributed by atoms with E-state index in [4.69, 9.17) is 23.2 Å². The van der Waals surface area contributed by atoms with Crippen LogP contribution < -0.4 is 0 Å². The topological polar surface area (TPSA) is 74.6 Å². The molecule has 2 N–H and O–H groups in total. The van der Waals surface area contributed by atoms with Gasteiger partial charge < -0.3 is 10.2 Å². The van der Waals surface area contributed by atoms with Gasteiger partial charge in [-0.2, -0.15) is 0 Å². The minimum Gasteiger partial charge on any atom is -0.481 e. The van der Waals surface area contributed by atoms with Gasteiger partial charge in [0.1, 0.15) is 0 Å². The van der Waals surface area contributed by atoms with Gasteiger partial charge in [-0.05, 0) is 153 Å². The van der Waals surface area contributed by atoms with Crippen molar-refractivity contribution in [3.05, 3.63) is 12.2 Å². The Balaban J connectivity index is 1.43. The Hall–Kier alpha value is -0.740. The average molecular weight is 652 g/mol. The van der Waals surface area contributed by atoms with Crippen LogP contribution in [0.1, 0.15) is 138 Å². The van der Waals surface area contributed by atoms with Crippen molar-refractivity contribution in [2.75, 3.05) is 0 Å². The zero-order valence-electron chi connectivity index (χ0n) is 28.4. The lowest BCUT2D eigenvalue weighted by molar-refractivity contribution is -0.243. The molecule has 0 amide bonds. The number of hydrogen-bond acceptors (Lipinski definition) is 2. The number of allylic oxidation sites excluding steroid dienone is 1. The maximum Gasteiger partial charge on any atom is 0.303 e. The van der Waals surface area contributed by atoms with E-state index in [9.17, 15) is 19.8 Å². The van der Waals surface area contributed by atoms with Crippen LogP contribution in [0.3, 0.4) is 0 Å². The zero-order valence-corrected chi connectivity index (χ0v) is 29.9. The van der Waals surface area contributed by atoms with E-state index >= 15 is 0 Å². The molecular weight excluding hydrogens is 591 g/mol. The van der Waals surface area contributed by atoms with E-state index in [2.05, 4.69) is 48.1 Å². The highest BCUT2D eigenvalue weighted by molar-refractivity contribution is 6.21. The van der Waals surface area contributed by atoms with Crippen molar-refractivity contribution in [1.29, 1.82) is 0 Å². The molecule has 0 aliphatic heterocycles. The Morgan fingerprint density at radius 3 is 2.09 bits per heavy atom. The number of fused-ring (bicyclic) bond motifs is 7. The fraction of sp³-hybridized carbons (Fsp3) is 0.895. The molecular formula is C38H60Cl2O4. The predicted octanol–water partition coefficient (Wildman–Crippen LogP) is 10.6. The number of carboxylic acids is 2. The van der Waals surface area contributed by atoms with Gasteiger partial charge in [-0.3, -0.25) is 9.59 Å². The van der Waals surface area contributed by atoms with Crippen molar-refractivity contribution in [2.24, 2.45) is 62.6 Å². The molecule has 5 aliphatic rings. The summed E-state index contributed by atoms with van der Waals surface area (Å²) >= 11 is 14.0. The van der Waals surface area contributed by atoms with Crippen LogP contribution in [-0.2, 0) is 9.59 Å². The quantitative estimate of drug-likeness (QED) is 0.182. The largest absolute Gasteiger partial charge is 0.481 e. The van der Waals surface area contributed by atoms with Crippen LogP contribution in [0, 0.1) is 62.6 Å². The number of halogens is 2. The fourth-order valence-electron chi connectivity index (χ4n) is 13.6.